The van der Waals surface area contributed by atoms with E-state index in [4.69, 9.17) is 16.3 Å². The highest BCUT2D eigenvalue weighted by atomic mass is 35.5. The standard InChI is InChI=1S/C12H13ClFN3O/c1-3-4-11-15-16-12(13)17(11)8-5-6-9(14)10(7-8)18-2/h5-7H,3-4H2,1-2H3. The van der Waals surface area contributed by atoms with E-state index < -0.39 is 5.82 Å². The van der Waals surface area contributed by atoms with E-state index in [9.17, 15) is 4.39 Å². The highest BCUT2D eigenvalue weighted by Gasteiger charge is 2.13. The fourth-order valence-corrected chi connectivity index (χ4v) is 1.96. The van der Waals surface area contributed by atoms with Crippen LogP contribution < -0.4 is 4.74 Å². The molecule has 0 unspecified atom stereocenters. The second-order valence-corrected chi connectivity index (χ2v) is 4.13. The van der Waals surface area contributed by atoms with E-state index in [0.717, 1.165) is 18.7 Å². The number of methoxy groups -OCH3 is 1. The minimum atomic E-state index is -0.414. The van der Waals surface area contributed by atoms with Crippen molar-refractivity contribution >= 4 is 11.6 Å². The lowest BCUT2D eigenvalue weighted by Gasteiger charge is -2.09. The van der Waals surface area contributed by atoms with Gasteiger partial charge in [-0.1, -0.05) is 6.92 Å². The van der Waals surface area contributed by atoms with Gasteiger partial charge >= 0.3 is 0 Å². The fourth-order valence-electron chi connectivity index (χ4n) is 1.72. The molecule has 96 valence electrons. The van der Waals surface area contributed by atoms with Crippen molar-refractivity contribution in [3.8, 4) is 11.4 Å². The molecule has 4 nitrogen and oxygen atoms in total. The number of halogens is 2. The Morgan fingerprint density at radius 2 is 2.17 bits per heavy atom. The molecule has 0 spiro atoms. The Hall–Kier alpha value is -1.62. The van der Waals surface area contributed by atoms with Crippen LogP contribution in [-0.2, 0) is 6.42 Å². The molecule has 18 heavy (non-hydrogen) atoms. The molecule has 0 amide bonds. The molecule has 1 heterocycles. The highest BCUT2D eigenvalue weighted by molar-refractivity contribution is 6.28. The van der Waals surface area contributed by atoms with Crippen LogP contribution in [0.1, 0.15) is 19.2 Å². The minimum Gasteiger partial charge on any atom is -0.494 e. The van der Waals surface area contributed by atoms with Crippen molar-refractivity contribution < 1.29 is 9.13 Å². The molecule has 0 saturated heterocycles. The van der Waals surface area contributed by atoms with E-state index in [2.05, 4.69) is 10.2 Å². The number of hydrogen-bond donors (Lipinski definition) is 0. The molecule has 0 atom stereocenters. The largest absolute Gasteiger partial charge is 0.494 e. The quantitative estimate of drug-likeness (QED) is 0.857. The summed E-state index contributed by atoms with van der Waals surface area (Å²) in [5.41, 5.74) is 0.687. The third-order valence-electron chi connectivity index (χ3n) is 2.56. The molecule has 0 N–H and O–H groups in total. The topological polar surface area (TPSA) is 39.9 Å². The molecule has 2 rings (SSSR count). The molecule has 2 aromatic rings. The first kappa shape index (κ1) is 12.8. The molecule has 0 saturated carbocycles. The first-order valence-corrected chi connectivity index (χ1v) is 5.99. The van der Waals surface area contributed by atoms with Crippen LogP contribution in [-0.4, -0.2) is 21.9 Å². The van der Waals surface area contributed by atoms with Gasteiger partial charge in [-0.15, -0.1) is 10.2 Å². The second-order valence-electron chi connectivity index (χ2n) is 3.79. The lowest BCUT2D eigenvalue weighted by atomic mass is 10.2. The lowest BCUT2D eigenvalue weighted by Crippen LogP contribution is -2.02. The van der Waals surface area contributed by atoms with E-state index in [1.54, 1.807) is 16.7 Å². The van der Waals surface area contributed by atoms with E-state index in [-0.39, 0.29) is 11.0 Å². The second kappa shape index (κ2) is 5.35. The van der Waals surface area contributed by atoms with Crippen LogP contribution in [0.3, 0.4) is 0 Å². The molecule has 0 radical (unpaired) electrons. The Balaban J connectivity index is 2.51. The summed E-state index contributed by atoms with van der Waals surface area (Å²) in [6, 6.07) is 4.52. The van der Waals surface area contributed by atoms with Gasteiger partial charge in [0, 0.05) is 12.5 Å². The fraction of sp³-hybridized carbons (Fsp3) is 0.333. The Kier molecular flexibility index (Phi) is 3.81. The highest BCUT2D eigenvalue weighted by Crippen LogP contribution is 2.24. The maximum absolute atomic E-state index is 13.4. The van der Waals surface area contributed by atoms with Crippen LogP contribution in [0, 0.1) is 5.82 Å². The van der Waals surface area contributed by atoms with E-state index in [1.807, 2.05) is 6.92 Å². The van der Waals surface area contributed by atoms with E-state index >= 15 is 0 Å². The van der Waals surface area contributed by atoms with Crippen LogP contribution in [0.15, 0.2) is 18.2 Å². The van der Waals surface area contributed by atoms with E-state index in [0.29, 0.717) is 5.69 Å². The molecule has 0 aliphatic rings. The average Bonchev–Trinajstić information content (AvgIpc) is 2.72. The minimum absolute atomic E-state index is 0.166. The molecule has 1 aromatic carbocycles. The van der Waals surface area contributed by atoms with Crippen LogP contribution in [0.2, 0.25) is 5.28 Å². The van der Waals surface area contributed by atoms with Gasteiger partial charge in [-0.05, 0) is 30.2 Å². The summed E-state index contributed by atoms with van der Waals surface area (Å²) in [5, 5.41) is 8.10. The van der Waals surface area contributed by atoms with Crippen molar-refractivity contribution in [2.24, 2.45) is 0 Å². The molecule has 6 heteroatoms. The van der Waals surface area contributed by atoms with Gasteiger partial charge in [0.25, 0.3) is 0 Å². The summed E-state index contributed by atoms with van der Waals surface area (Å²) in [7, 11) is 1.42. The predicted molar refractivity (Wildman–Crippen MR) is 66.9 cm³/mol. The summed E-state index contributed by atoms with van der Waals surface area (Å²) >= 11 is 6.01. The summed E-state index contributed by atoms with van der Waals surface area (Å²) in [4.78, 5) is 0. The number of nitrogens with zero attached hydrogens (tertiary/aromatic N) is 3. The van der Waals surface area contributed by atoms with Gasteiger partial charge in [0.2, 0.25) is 5.28 Å². The summed E-state index contributed by atoms with van der Waals surface area (Å²) in [6.45, 7) is 2.04. The Labute approximate surface area is 109 Å². The first-order chi connectivity index (χ1) is 8.67. The molecule has 0 fully saturated rings. The number of rotatable bonds is 4. The van der Waals surface area contributed by atoms with Crippen LogP contribution >= 0.6 is 11.6 Å². The van der Waals surface area contributed by atoms with Crippen LogP contribution in [0.4, 0.5) is 4.39 Å². The molecule has 1 aromatic heterocycles. The summed E-state index contributed by atoms with van der Waals surface area (Å²) in [6.07, 6.45) is 1.67. The van der Waals surface area contributed by atoms with Crippen molar-refractivity contribution in [1.82, 2.24) is 14.8 Å². The normalized spacial score (nSPS) is 10.7. The molecular weight excluding hydrogens is 257 g/mol. The van der Waals surface area contributed by atoms with Gasteiger partial charge in [0.15, 0.2) is 11.6 Å². The predicted octanol–water partition coefficient (Wildman–Crippen LogP) is 3.02. The molecular formula is C12H13ClFN3O. The van der Waals surface area contributed by atoms with Crippen LogP contribution in [0.25, 0.3) is 5.69 Å². The molecule has 0 bridgehead atoms. The van der Waals surface area contributed by atoms with Gasteiger partial charge in [-0.2, -0.15) is 0 Å². The van der Waals surface area contributed by atoms with E-state index in [1.165, 1.54) is 13.2 Å². The summed E-state index contributed by atoms with van der Waals surface area (Å²) < 4.78 is 20.0. The molecule has 0 aliphatic heterocycles. The average molecular weight is 270 g/mol. The van der Waals surface area contributed by atoms with Crippen molar-refractivity contribution in [2.45, 2.75) is 19.8 Å². The van der Waals surface area contributed by atoms with Crippen LogP contribution in [0.5, 0.6) is 5.75 Å². The zero-order valence-electron chi connectivity index (χ0n) is 10.2. The monoisotopic (exact) mass is 269 g/mol. The van der Waals surface area contributed by atoms with Gasteiger partial charge in [-0.3, -0.25) is 4.57 Å². The van der Waals surface area contributed by atoms with Gasteiger partial charge in [0.1, 0.15) is 5.82 Å². The zero-order chi connectivity index (χ0) is 13.1. The Bertz CT molecular complexity index is 556. The van der Waals surface area contributed by atoms with Crippen molar-refractivity contribution in [3.05, 3.63) is 35.1 Å². The number of ether oxygens (including phenoxy) is 1. The third kappa shape index (κ3) is 2.31. The van der Waals surface area contributed by atoms with Crippen molar-refractivity contribution in [2.75, 3.05) is 7.11 Å². The van der Waals surface area contributed by atoms with Crippen molar-refractivity contribution in [1.29, 1.82) is 0 Å². The Morgan fingerprint density at radius 3 is 2.83 bits per heavy atom. The Morgan fingerprint density at radius 1 is 1.39 bits per heavy atom. The number of benzene rings is 1. The number of aryl methyl sites for hydroxylation is 1. The summed E-state index contributed by atoms with van der Waals surface area (Å²) in [5.74, 6) is 0.498. The number of hydrogen-bond acceptors (Lipinski definition) is 3. The smallest absolute Gasteiger partial charge is 0.229 e. The third-order valence-corrected chi connectivity index (χ3v) is 2.80. The zero-order valence-corrected chi connectivity index (χ0v) is 10.9. The molecule has 0 aliphatic carbocycles. The first-order valence-electron chi connectivity index (χ1n) is 5.61. The maximum Gasteiger partial charge on any atom is 0.229 e. The van der Waals surface area contributed by atoms with Gasteiger partial charge < -0.3 is 4.74 Å². The van der Waals surface area contributed by atoms with Crippen molar-refractivity contribution in [3.63, 3.8) is 0 Å². The number of aromatic nitrogens is 3. The lowest BCUT2D eigenvalue weighted by molar-refractivity contribution is 0.386. The SMILES string of the molecule is CCCc1nnc(Cl)n1-c1ccc(F)c(OC)c1. The van der Waals surface area contributed by atoms with Gasteiger partial charge in [-0.25, -0.2) is 4.39 Å². The maximum atomic E-state index is 13.4. The van der Waals surface area contributed by atoms with Gasteiger partial charge in [0.05, 0.1) is 12.8 Å².